The normalized spacial score (nSPS) is 33.6. The highest BCUT2D eigenvalue weighted by Crippen LogP contribution is 2.36. The molecule has 1 aliphatic heterocycles. The van der Waals surface area contributed by atoms with Crippen molar-refractivity contribution >= 4 is 0 Å². The number of nitrogens with one attached hydrogen (secondary N) is 1. The lowest BCUT2D eigenvalue weighted by molar-refractivity contribution is -0.0798. The van der Waals surface area contributed by atoms with Gasteiger partial charge in [0.25, 0.3) is 0 Å². The minimum Gasteiger partial charge on any atom is -0.490 e. The summed E-state index contributed by atoms with van der Waals surface area (Å²) < 4.78 is 46.1. The van der Waals surface area contributed by atoms with E-state index in [0.29, 0.717) is 31.4 Å². The molecule has 0 bridgehead atoms. The van der Waals surface area contributed by atoms with Crippen LogP contribution >= 0.6 is 0 Å². The Morgan fingerprint density at radius 2 is 1.86 bits per heavy atom. The molecular formula is C21H26F3N3O2. The van der Waals surface area contributed by atoms with Crippen molar-refractivity contribution in [2.75, 3.05) is 0 Å². The lowest BCUT2D eigenvalue weighted by atomic mass is 9.88. The molecule has 3 aliphatic rings. The number of benzene rings is 1. The first kappa shape index (κ1) is 20.4. The predicted molar refractivity (Wildman–Crippen MR) is 102 cm³/mol. The van der Waals surface area contributed by atoms with Crippen molar-refractivity contribution in [3.05, 3.63) is 53.9 Å². The highest BCUT2D eigenvalue weighted by molar-refractivity contribution is 5.23. The smallest absolute Gasteiger partial charge is 0.164 e. The summed E-state index contributed by atoms with van der Waals surface area (Å²) in [5.74, 6) is -1.13. The van der Waals surface area contributed by atoms with Gasteiger partial charge < -0.3 is 15.6 Å². The van der Waals surface area contributed by atoms with Crippen LogP contribution in [0, 0.1) is 11.7 Å². The van der Waals surface area contributed by atoms with Gasteiger partial charge in [0.15, 0.2) is 6.35 Å². The van der Waals surface area contributed by atoms with E-state index in [1.54, 1.807) is 17.0 Å². The van der Waals surface area contributed by atoms with Crippen LogP contribution in [0.25, 0.3) is 0 Å². The number of hydrogen-bond acceptors (Lipinski definition) is 5. The molecular weight excluding hydrogens is 383 g/mol. The SMILES string of the molecule is NC1CC[C@@H](C2C=C(F)C=C(F)C2)N1C(O)NC1CC(Oc2ccc(F)cc2)C1. The second-order valence-electron chi connectivity index (χ2n) is 8.07. The molecule has 1 aromatic rings. The van der Waals surface area contributed by atoms with Crippen LogP contribution in [0.5, 0.6) is 5.75 Å². The van der Waals surface area contributed by atoms with E-state index in [1.807, 2.05) is 0 Å². The van der Waals surface area contributed by atoms with Gasteiger partial charge in [-0.1, -0.05) is 0 Å². The summed E-state index contributed by atoms with van der Waals surface area (Å²) in [7, 11) is 0. The molecule has 4 atom stereocenters. The molecule has 0 aromatic heterocycles. The maximum atomic E-state index is 13.7. The van der Waals surface area contributed by atoms with Gasteiger partial charge in [-0.3, -0.25) is 5.32 Å². The van der Waals surface area contributed by atoms with E-state index in [1.165, 1.54) is 18.2 Å². The second kappa shape index (κ2) is 8.47. The van der Waals surface area contributed by atoms with Gasteiger partial charge in [0.1, 0.15) is 29.3 Å². The first-order valence-electron chi connectivity index (χ1n) is 10.0. The summed E-state index contributed by atoms with van der Waals surface area (Å²) in [4.78, 5) is 1.72. The zero-order chi connectivity index (χ0) is 20.5. The minimum atomic E-state index is -1.00. The fourth-order valence-corrected chi connectivity index (χ4v) is 4.48. The fourth-order valence-electron chi connectivity index (χ4n) is 4.48. The van der Waals surface area contributed by atoms with Crippen LogP contribution in [0.2, 0.25) is 0 Å². The van der Waals surface area contributed by atoms with E-state index >= 15 is 0 Å². The lowest BCUT2D eigenvalue weighted by Crippen LogP contribution is -2.60. The molecule has 8 heteroatoms. The van der Waals surface area contributed by atoms with E-state index < -0.39 is 18.0 Å². The number of hydrogen-bond donors (Lipinski definition) is 3. The quantitative estimate of drug-likeness (QED) is 0.630. The summed E-state index contributed by atoms with van der Waals surface area (Å²) >= 11 is 0. The van der Waals surface area contributed by atoms with Crippen molar-refractivity contribution in [3.8, 4) is 5.75 Å². The molecule has 2 aliphatic carbocycles. The minimum absolute atomic E-state index is 0.0113. The van der Waals surface area contributed by atoms with Crippen LogP contribution in [-0.2, 0) is 0 Å². The highest BCUT2D eigenvalue weighted by atomic mass is 19.1. The van der Waals surface area contributed by atoms with Crippen molar-refractivity contribution in [1.82, 2.24) is 10.2 Å². The van der Waals surface area contributed by atoms with E-state index in [0.717, 1.165) is 6.08 Å². The number of rotatable bonds is 6. The number of nitrogens with zero attached hydrogens (tertiary/aromatic N) is 1. The molecule has 1 heterocycles. The summed E-state index contributed by atoms with van der Waals surface area (Å²) in [5.41, 5.74) is 6.17. The Morgan fingerprint density at radius 1 is 1.14 bits per heavy atom. The van der Waals surface area contributed by atoms with E-state index in [9.17, 15) is 18.3 Å². The molecule has 3 unspecified atom stereocenters. The van der Waals surface area contributed by atoms with Gasteiger partial charge in [-0.15, -0.1) is 0 Å². The van der Waals surface area contributed by atoms with Crippen molar-refractivity contribution in [3.63, 3.8) is 0 Å². The van der Waals surface area contributed by atoms with Crippen molar-refractivity contribution in [1.29, 1.82) is 0 Å². The van der Waals surface area contributed by atoms with Crippen LogP contribution in [0.3, 0.4) is 0 Å². The van der Waals surface area contributed by atoms with Crippen molar-refractivity contribution in [2.24, 2.45) is 11.7 Å². The number of ether oxygens (including phenoxy) is 1. The Morgan fingerprint density at radius 3 is 2.55 bits per heavy atom. The summed E-state index contributed by atoms with van der Waals surface area (Å²) in [6, 6.07) is 5.68. The number of aliphatic hydroxyl groups excluding tert-OH is 1. The van der Waals surface area contributed by atoms with Crippen molar-refractivity contribution in [2.45, 2.75) is 62.8 Å². The molecule has 5 nitrogen and oxygen atoms in total. The monoisotopic (exact) mass is 409 g/mol. The number of aliphatic hydroxyl groups is 1. The van der Waals surface area contributed by atoms with E-state index in [4.69, 9.17) is 10.5 Å². The number of allylic oxidation sites excluding steroid dienone is 3. The predicted octanol–water partition coefficient (Wildman–Crippen LogP) is 3.08. The van der Waals surface area contributed by atoms with Crippen LogP contribution in [-0.4, -0.2) is 40.7 Å². The lowest BCUT2D eigenvalue weighted by Gasteiger charge is -2.42. The summed E-state index contributed by atoms with van der Waals surface area (Å²) in [6.45, 7) is 0. The Hall–Kier alpha value is -1.87. The van der Waals surface area contributed by atoms with Crippen LogP contribution < -0.4 is 15.8 Å². The second-order valence-corrected chi connectivity index (χ2v) is 8.07. The third-order valence-electron chi connectivity index (χ3n) is 6.00. The third-order valence-corrected chi connectivity index (χ3v) is 6.00. The maximum Gasteiger partial charge on any atom is 0.164 e. The molecule has 4 rings (SSSR count). The standard InChI is InChI=1S/C21H26F3N3O2/c22-13-1-3-17(4-2-13)29-18-10-16(11-18)26-21(28)27-19(5-6-20(27)25)12-7-14(23)9-15(24)8-12/h1-4,7,9,12,16,18-21,26,28H,5-6,8,10-11,25H2/t12?,16?,18?,19-,20?,21?/m0/s1. The Bertz CT molecular complexity index is 780. The van der Waals surface area contributed by atoms with Gasteiger partial charge in [-0.2, -0.15) is 0 Å². The third kappa shape index (κ3) is 4.66. The molecule has 1 aromatic carbocycles. The summed E-state index contributed by atoms with van der Waals surface area (Å²) in [5, 5.41) is 13.9. The molecule has 0 spiro atoms. The number of likely N-dealkylation sites (tertiary alicyclic amines) is 1. The Balaban J connectivity index is 1.30. The zero-order valence-corrected chi connectivity index (χ0v) is 16.0. The first-order valence-corrected chi connectivity index (χ1v) is 10.0. The topological polar surface area (TPSA) is 70.8 Å². The maximum absolute atomic E-state index is 13.7. The molecule has 4 N–H and O–H groups in total. The van der Waals surface area contributed by atoms with Gasteiger partial charge in [-0.05, 0) is 56.0 Å². The summed E-state index contributed by atoms with van der Waals surface area (Å²) in [6.07, 6.45) is 3.76. The molecule has 0 amide bonds. The molecule has 2 fully saturated rings. The molecule has 1 saturated heterocycles. The molecule has 1 saturated carbocycles. The average molecular weight is 409 g/mol. The van der Waals surface area contributed by atoms with E-state index in [-0.39, 0.29) is 42.5 Å². The highest BCUT2D eigenvalue weighted by Gasteiger charge is 2.42. The average Bonchev–Trinajstić information content (AvgIpc) is 3.02. The van der Waals surface area contributed by atoms with Crippen LogP contribution in [0.15, 0.2) is 48.1 Å². The fraction of sp³-hybridized carbons (Fsp3) is 0.524. The zero-order valence-electron chi connectivity index (χ0n) is 16.0. The van der Waals surface area contributed by atoms with Gasteiger partial charge in [-0.25, -0.2) is 18.1 Å². The van der Waals surface area contributed by atoms with Gasteiger partial charge in [0.2, 0.25) is 0 Å². The van der Waals surface area contributed by atoms with Gasteiger partial charge in [0.05, 0.1) is 6.17 Å². The van der Waals surface area contributed by atoms with E-state index in [2.05, 4.69) is 5.32 Å². The largest absolute Gasteiger partial charge is 0.490 e. The number of halogens is 3. The number of nitrogens with two attached hydrogens (primary N) is 1. The molecule has 29 heavy (non-hydrogen) atoms. The van der Waals surface area contributed by atoms with Crippen LogP contribution in [0.4, 0.5) is 13.2 Å². The molecule has 158 valence electrons. The first-order chi connectivity index (χ1) is 13.9. The molecule has 0 radical (unpaired) electrons. The van der Waals surface area contributed by atoms with Crippen molar-refractivity contribution < 1.29 is 23.0 Å². The van der Waals surface area contributed by atoms with Crippen LogP contribution in [0.1, 0.15) is 32.1 Å². The Labute approximate surface area is 168 Å². The Kier molecular flexibility index (Phi) is 5.96. The van der Waals surface area contributed by atoms with Gasteiger partial charge >= 0.3 is 0 Å². The van der Waals surface area contributed by atoms with Gasteiger partial charge in [0, 0.05) is 30.5 Å².